The summed E-state index contributed by atoms with van der Waals surface area (Å²) < 4.78 is 10.9. The highest BCUT2D eigenvalue weighted by Gasteiger charge is 2.25. The van der Waals surface area contributed by atoms with Crippen LogP contribution in [-0.2, 0) is 11.3 Å². The van der Waals surface area contributed by atoms with E-state index in [1.54, 1.807) is 0 Å². The fraction of sp³-hybridized carbons (Fsp3) is 0.222. The molecule has 5 rings (SSSR count). The third-order valence-corrected chi connectivity index (χ3v) is 6.37. The molecule has 0 aromatic heterocycles. The number of amides is 1. The summed E-state index contributed by atoms with van der Waals surface area (Å²) in [5, 5.41) is 0.632. The summed E-state index contributed by atoms with van der Waals surface area (Å²) in [4.78, 5) is 17.9. The van der Waals surface area contributed by atoms with Crippen molar-refractivity contribution in [2.45, 2.75) is 6.54 Å². The second-order valence-corrected chi connectivity index (χ2v) is 8.61. The lowest BCUT2D eigenvalue weighted by Gasteiger charge is -2.35. The molecule has 6 heteroatoms. The van der Waals surface area contributed by atoms with Crippen LogP contribution in [0, 0.1) is 0 Å². The van der Waals surface area contributed by atoms with E-state index < -0.39 is 0 Å². The van der Waals surface area contributed by atoms with Crippen LogP contribution >= 0.6 is 11.6 Å². The molecule has 1 saturated heterocycles. The first-order valence-corrected chi connectivity index (χ1v) is 11.5. The summed E-state index contributed by atoms with van der Waals surface area (Å²) >= 11 is 6.38. The summed E-state index contributed by atoms with van der Waals surface area (Å²) in [6.07, 6.45) is 1.90. The van der Waals surface area contributed by atoms with Crippen molar-refractivity contribution >= 4 is 29.2 Å². The lowest BCUT2D eigenvalue weighted by molar-refractivity contribution is -0.126. The Kier molecular flexibility index (Phi) is 6.33. The molecule has 0 aliphatic carbocycles. The van der Waals surface area contributed by atoms with E-state index in [1.807, 2.05) is 77.7 Å². The Hall–Kier alpha value is -3.28. The van der Waals surface area contributed by atoms with Crippen LogP contribution in [0.15, 0.2) is 72.8 Å². The van der Waals surface area contributed by atoms with Gasteiger partial charge in [0.25, 0.3) is 5.91 Å². The number of hydrogen-bond donors (Lipinski definition) is 0. The lowest BCUT2D eigenvalue weighted by atomic mass is 10.0. The van der Waals surface area contributed by atoms with Gasteiger partial charge >= 0.3 is 0 Å². The molecule has 3 aromatic rings. The topological polar surface area (TPSA) is 42.0 Å². The quantitative estimate of drug-likeness (QED) is 0.399. The Balaban J connectivity index is 1.29. The molecule has 5 nitrogen and oxygen atoms in total. The molecular formula is C27H25ClN2O3. The summed E-state index contributed by atoms with van der Waals surface area (Å²) in [5.41, 5.74) is 3.58. The summed E-state index contributed by atoms with van der Waals surface area (Å²) in [6.45, 7) is 4.08. The van der Waals surface area contributed by atoms with Crippen molar-refractivity contribution in [2.24, 2.45) is 0 Å². The maximum atomic E-state index is 13.6. The second-order valence-electron chi connectivity index (χ2n) is 8.20. The predicted molar refractivity (Wildman–Crippen MR) is 130 cm³/mol. The van der Waals surface area contributed by atoms with Gasteiger partial charge in [-0.2, -0.15) is 0 Å². The lowest BCUT2D eigenvalue weighted by Crippen LogP contribution is -2.48. The van der Waals surface area contributed by atoms with E-state index >= 15 is 0 Å². The van der Waals surface area contributed by atoms with E-state index in [4.69, 9.17) is 21.1 Å². The molecule has 1 fully saturated rings. The number of carbonyl (C=O) groups excluding carboxylic acids is 1. The van der Waals surface area contributed by atoms with Crippen LogP contribution in [0.3, 0.4) is 0 Å². The molecule has 0 saturated carbocycles. The number of hydrogen-bond acceptors (Lipinski definition) is 4. The highest BCUT2D eigenvalue weighted by molar-refractivity contribution is 6.33. The zero-order valence-corrected chi connectivity index (χ0v) is 19.0. The largest absolute Gasteiger partial charge is 0.454 e. The Morgan fingerprint density at radius 2 is 1.61 bits per heavy atom. The molecular weight excluding hydrogens is 436 g/mol. The number of fused-ring (bicyclic) bond motifs is 1. The van der Waals surface area contributed by atoms with E-state index in [1.165, 1.54) is 5.56 Å². The van der Waals surface area contributed by atoms with Crippen molar-refractivity contribution < 1.29 is 14.3 Å². The average molecular weight is 461 g/mol. The summed E-state index contributed by atoms with van der Waals surface area (Å²) in [6, 6.07) is 23.5. The average Bonchev–Trinajstić information content (AvgIpc) is 3.32. The molecule has 0 N–H and O–H groups in total. The molecule has 0 atom stereocenters. The molecule has 3 aromatic carbocycles. The van der Waals surface area contributed by atoms with Crippen LogP contribution in [0.25, 0.3) is 11.6 Å². The van der Waals surface area contributed by atoms with Gasteiger partial charge in [0.1, 0.15) is 0 Å². The van der Waals surface area contributed by atoms with E-state index in [0.29, 0.717) is 23.7 Å². The first kappa shape index (κ1) is 21.6. The van der Waals surface area contributed by atoms with Crippen molar-refractivity contribution in [1.82, 2.24) is 9.80 Å². The molecule has 1 amide bonds. The summed E-state index contributed by atoms with van der Waals surface area (Å²) in [7, 11) is 0. The van der Waals surface area contributed by atoms with Crippen LogP contribution in [-0.4, -0.2) is 48.7 Å². The van der Waals surface area contributed by atoms with E-state index in [2.05, 4.69) is 11.0 Å². The zero-order chi connectivity index (χ0) is 22.6. The highest BCUT2D eigenvalue weighted by Crippen LogP contribution is 2.33. The summed E-state index contributed by atoms with van der Waals surface area (Å²) in [5.74, 6) is 1.63. The molecule has 2 aliphatic heterocycles. The second kappa shape index (κ2) is 9.69. The van der Waals surface area contributed by atoms with Gasteiger partial charge in [0.15, 0.2) is 11.5 Å². The Morgan fingerprint density at radius 1 is 0.879 bits per heavy atom. The number of halogens is 1. The van der Waals surface area contributed by atoms with Crippen molar-refractivity contribution in [1.29, 1.82) is 0 Å². The molecule has 168 valence electrons. The van der Waals surface area contributed by atoms with Gasteiger partial charge in [0, 0.05) is 43.3 Å². The molecule has 33 heavy (non-hydrogen) atoms. The molecule has 0 bridgehead atoms. The van der Waals surface area contributed by atoms with Crippen LogP contribution < -0.4 is 9.47 Å². The van der Waals surface area contributed by atoms with E-state index in [-0.39, 0.29) is 12.7 Å². The number of benzene rings is 3. The van der Waals surface area contributed by atoms with Gasteiger partial charge in [-0.15, -0.1) is 0 Å². The van der Waals surface area contributed by atoms with Crippen LogP contribution in [0.1, 0.15) is 16.7 Å². The fourth-order valence-corrected chi connectivity index (χ4v) is 4.40. The van der Waals surface area contributed by atoms with Gasteiger partial charge < -0.3 is 14.4 Å². The van der Waals surface area contributed by atoms with Crippen molar-refractivity contribution in [3.8, 4) is 11.5 Å². The Labute approximate surface area is 198 Å². The van der Waals surface area contributed by atoms with Gasteiger partial charge in [-0.25, -0.2) is 0 Å². The van der Waals surface area contributed by atoms with Crippen LogP contribution in [0.5, 0.6) is 11.5 Å². The van der Waals surface area contributed by atoms with E-state index in [9.17, 15) is 4.79 Å². The van der Waals surface area contributed by atoms with Gasteiger partial charge in [0.05, 0.1) is 0 Å². The van der Waals surface area contributed by atoms with Crippen molar-refractivity contribution in [3.05, 3.63) is 94.5 Å². The number of nitrogens with zero attached hydrogens (tertiary/aromatic N) is 2. The molecule has 2 aliphatic rings. The minimum atomic E-state index is 0.0313. The normalized spacial score (nSPS) is 16.2. The van der Waals surface area contributed by atoms with E-state index in [0.717, 1.165) is 42.3 Å². The zero-order valence-electron chi connectivity index (χ0n) is 18.2. The number of carbonyl (C=O) groups is 1. The molecule has 0 radical (unpaired) electrons. The first-order valence-electron chi connectivity index (χ1n) is 11.1. The maximum absolute atomic E-state index is 13.6. The molecule has 0 spiro atoms. The van der Waals surface area contributed by atoms with Gasteiger partial charge in [-0.3, -0.25) is 9.69 Å². The predicted octanol–water partition coefficient (Wildman–Crippen LogP) is 4.95. The third kappa shape index (κ3) is 4.90. The van der Waals surface area contributed by atoms with Crippen molar-refractivity contribution in [2.75, 3.05) is 33.0 Å². The fourth-order valence-electron chi connectivity index (χ4n) is 4.21. The monoisotopic (exact) mass is 460 g/mol. The third-order valence-electron chi connectivity index (χ3n) is 6.02. The SMILES string of the molecule is O=C(/C(=C/c1ccccc1Cl)c1ccccc1)N1CCN(Cc2ccc3c(c2)OCO3)CC1. The van der Waals surface area contributed by atoms with Gasteiger partial charge in [0.2, 0.25) is 6.79 Å². The number of rotatable bonds is 5. The first-order chi connectivity index (χ1) is 16.2. The number of piperazine rings is 1. The smallest absolute Gasteiger partial charge is 0.254 e. The van der Waals surface area contributed by atoms with Crippen molar-refractivity contribution in [3.63, 3.8) is 0 Å². The van der Waals surface area contributed by atoms with Gasteiger partial charge in [-0.05, 0) is 41.0 Å². The minimum absolute atomic E-state index is 0.0313. The standard InChI is InChI=1S/C27H25ClN2O3/c28-24-9-5-4-8-22(24)17-23(21-6-2-1-3-7-21)27(31)30-14-12-29(13-15-30)18-20-10-11-25-26(16-20)33-19-32-25/h1-11,16-17H,12-15,18-19H2/b23-17+. The van der Waals surface area contributed by atoms with Crippen LogP contribution in [0.2, 0.25) is 5.02 Å². The van der Waals surface area contributed by atoms with Gasteiger partial charge in [-0.1, -0.05) is 66.2 Å². The molecule has 0 unspecified atom stereocenters. The maximum Gasteiger partial charge on any atom is 0.254 e. The Bertz CT molecular complexity index is 1170. The number of ether oxygens (including phenoxy) is 2. The highest BCUT2D eigenvalue weighted by atomic mass is 35.5. The van der Waals surface area contributed by atoms with Crippen LogP contribution in [0.4, 0.5) is 0 Å². The minimum Gasteiger partial charge on any atom is -0.454 e. The molecule has 2 heterocycles. The Morgan fingerprint density at radius 3 is 2.39 bits per heavy atom.